The van der Waals surface area contributed by atoms with Crippen molar-refractivity contribution in [1.82, 2.24) is 15.2 Å². The number of amides is 1. The molecule has 6 heteroatoms. The molecular weight excluding hydrogens is 320 g/mol. The Bertz CT molecular complexity index is 841. The zero-order valence-corrected chi connectivity index (χ0v) is 13.7. The minimum Gasteiger partial charge on any atom is -0.319 e. The predicted octanol–water partition coefficient (Wildman–Crippen LogP) is 3.98. The van der Waals surface area contributed by atoms with Crippen molar-refractivity contribution in [3.63, 3.8) is 0 Å². The smallest absolute Gasteiger partial charge is 0.255 e. The number of hydrogen-bond acceptors (Lipinski definition) is 4. The van der Waals surface area contributed by atoms with Crippen LogP contribution in [0.15, 0.2) is 59.8 Å². The summed E-state index contributed by atoms with van der Waals surface area (Å²) in [6.07, 6.45) is 5.89. The minimum atomic E-state index is -0.156. The lowest BCUT2D eigenvalue weighted by Crippen LogP contribution is -2.12. The highest BCUT2D eigenvalue weighted by atomic mass is 32.2. The third kappa shape index (κ3) is 3.33. The van der Waals surface area contributed by atoms with Crippen molar-refractivity contribution in [3.8, 4) is 11.4 Å². The average molecular weight is 336 g/mol. The number of aromatic nitrogens is 3. The van der Waals surface area contributed by atoms with Crippen molar-refractivity contribution >= 4 is 23.4 Å². The number of aromatic amines is 1. The van der Waals surface area contributed by atoms with E-state index < -0.39 is 0 Å². The first-order valence-electron chi connectivity index (χ1n) is 7.82. The fourth-order valence-electron chi connectivity index (χ4n) is 2.34. The Kier molecular flexibility index (Phi) is 4.04. The van der Waals surface area contributed by atoms with Gasteiger partial charge in [0.1, 0.15) is 5.69 Å². The fourth-order valence-corrected chi connectivity index (χ4v) is 3.39. The lowest BCUT2D eigenvalue weighted by molar-refractivity contribution is 0.102. The normalized spacial score (nSPS) is 13.7. The predicted molar refractivity (Wildman–Crippen MR) is 95.1 cm³/mol. The van der Waals surface area contributed by atoms with Gasteiger partial charge < -0.3 is 5.32 Å². The van der Waals surface area contributed by atoms with E-state index in [1.165, 1.54) is 17.7 Å². The number of thioether (sulfide) groups is 1. The summed E-state index contributed by atoms with van der Waals surface area (Å²) in [5, 5.41) is 10.6. The molecule has 0 unspecified atom stereocenters. The van der Waals surface area contributed by atoms with E-state index in [0.29, 0.717) is 16.9 Å². The van der Waals surface area contributed by atoms with Crippen LogP contribution >= 0.6 is 11.8 Å². The van der Waals surface area contributed by atoms with Gasteiger partial charge in [-0.3, -0.25) is 14.9 Å². The summed E-state index contributed by atoms with van der Waals surface area (Å²) < 4.78 is 0. The van der Waals surface area contributed by atoms with Crippen LogP contribution in [0.5, 0.6) is 0 Å². The second kappa shape index (κ2) is 6.49. The third-order valence-corrected chi connectivity index (χ3v) is 5.10. The largest absolute Gasteiger partial charge is 0.319 e. The molecule has 24 heavy (non-hydrogen) atoms. The Morgan fingerprint density at radius 2 is 2.00 bits per heavy atom. The number of pyridine rings is 1. The number of carbonyl (C=O) groups is 1. The molecule has 4 rings (SSSR count). The van der Waals surface area contributed by atoms with E-state index in [1.54, 1.807) is 12.4 Å². The molecule has 0 aliphatic heterocycles. The van der Waals surface area contributed by atoms with Crippen molar-refractivity contribution in [1.29, 1.82) is 0 Å². The Hall–Kier alpha value is -2.60. The molecule has 2 heterocycles. The standard InChI is InChI=1S/C18H16N4OS/c23-18(12-4-6-13(7-5-12)24-14-8-9-14)21-16-11-20-22-17(16)15-3-1-2-10-19-15/h1-7,10-11,14H,8-9H2,(H,20,22)(H,21,23). The van der Waals surface area contributed by atoms with E-state index in [0.717, 1.165) is 10.9 Å². The molecule has 1 amide bonds. The maximum atomic E-state index is 12.5. The van der Waals surface area contributed by atoms with E-state index in [2.05, 4.69) is 20.5 Å². The maximum Gasteiger partial charge on any atom is 0.255 e. The van der Waals surface area contributed by atoms with Crippen LogP contribution in [0.1, 0.15) is 23.2 Å². The molecule has 0 spiro atoms. The van der Waals surface area contributed by atoms with Crippen LogP contribution in [0, 0.1) is 0 Å². The number of H-pyrrole nitrogens is 1. The average Bonchev–Trinajstić information content (AvgIpc) is 3.32. The number of carbonyl (C=O) groups excluding carboxylic acids is 1. The van der Waals surface area contributed by atoms with Crippen LogP contribution < -0.4 is 5.32 Å². The van der Waals surface area contributed by atoms with Crippen LogP contribution in [0.4, 0.5) is 5.69 Å². The Labute approximate surface area is 143 Å². The van der Waals surface area contributed by atoms with Crippen LogP contribution in [0.3, 0.4) is 0 Å². The number of nitrogens with zero attached hydrogens (tertiary/aromatic N) is 2. The zero-order chi connectivity index (χ0) is 16.4. The summed E-state index contributed by atoms with van der Waals surface area (Å²) in [5.74, 6) is -0.156. The number of anilines is 1. The summed E-state index contributed by atoms with van der Waals surface area (Å²) >= 11 is 1.88. The fraction of sp³-hybridized carbons (Fsp3) is 0.167. The summed E-state index contributed by atoms with van der Waals surface area (Å²) in [5.41, 5.74) is 2.68. The van der Waals surface area contributed by atoms with Crippen molar-refractivity contribution in [2.45, 2.75) is 23.0 Å². The molecule has 0 bridgehead atoms. The Balaban J connectivity index is 1.49. The lowest BCUT2D eigenvalue weighted by Gasteiger charge is -2.06. The number of hydrogen-bond donors (Lipinski definition) is 2. The third-order valence-electron chi connectivity index (χ3n) is 3.75. The van der Waals surface area contributed by atoms with E-state index in [1.807, 2.05) is 54.2 Å². The highest BCUT2D eigenvalue weighted by molar-refractivity contribution is 8.00. The first-order chi connectivity index (χ1) is 11.8. The van der Waals surface area contributed by atoms with Gasteiger partial charge in [-0.2, -0.15) is 5.10 Å². The molecule has 0 radical (unpaired) electrons. The number of benzene rings is 1. The van der Waals surface area contributed by atoms with Crippen molar-refractivity contribution < 1.29 is 4.79 Å². The molecule has 1 fully saturated rings. The van der Waals surface area contributed by atoms with Gasteiger partial charge in [-0.1, -0.05) is 6.07 Å². The van der Waals surface area contributed by atoms with Gasteiger partial charge in [-0.25, -0.2) is 0 Å². The second-order valence-electron chi connectivity index (χ2n) is 5.67. The molecule has 0 saturated heterocycles. The van der Waals surface area contributed by atoms with Gasteiger partial charge in [0.2, 0.25) is 0 Å². The lowest BCUT2D eigenvalue weighted by atomic mass is 10.2. The molecule has 1 aliphatic rings. The summed E-state index contributed by atoms with van der Waals surface area (Å²) in [6, 6.07) is 13.3. The minimum absolute atomic E-state index is 0.156. The van der Waals surface area contributed by atoms with Gasteiger partial charge in [-0.05, 0) is 49.2 Å². The monoisotopic (exact) mass is 336 g/mol. The summed E-state index contributed by atoms with van der Waals surface area (Å²) in [6.45, 7) is 0. The molecule has 120 valence electrons. The zero-order valence-electron chi connectivity index (χ0n) is 12.9. The van der Waals surface area contributed by atoms with Crippen LogP contribution in [-0.2, 0) is 0 Å². The SMILES string of the molecule is O=C(Nc1cn[nH]c1-c1ccccn1)c1ccc(SC2CC2)cc1. The molecule has 1 aromatic carbocycles. The van der Waals surface area contributed by atoms with Crippen molar-refractivity contribution in [2.75, 3.05) is 5.32 Å². The maximum absolute atomic E-state index is 12.5. The van der Waals surface area contributed by atoms with Gasteiger partial charge >= 0.3 is 0 Å². The quantitative estimate of drug-likeness (QED) is 0.739. The van der Waals surface area contributed by atoms with E-state index in [4.69, 9.17) is 0 Å². The Morgan fingerprint density at radius 1 is 1.17 bits per heavy atom. The molecular formula is C18H16N4OS. The molecule has 1 aliphatic carbocycles. The molecule has 5 nitrogen and oxygen atoms in total. The van der Waals surface area contributed by atoms with Crippen LogP contribution in [0.25, 0.3) is 11.4 Å². The summed E-state index contributed by atoms with van der Waals surface area (Å²) in [7, 11) is 0. The highest BCUT2D eigenvalue weighted by Gasteiger charge is 2.22. The van der Waals surface area contributed by atoms with E-state index >= 15 is 0 Å². The summed E-state index contributed by atoms with van der Waals surface area (Å²) in [4.78, 5) is 18.0. The van der Waals surface area contributed by atoms with Crippen LogP contribution in [-0.4, -0.2) is 26.3 Å². The second-order valence-corrected chi connectivity index (χ2v) is 7.04. The van der Waals surface area contributed by atoms with Gasteiger partial charge in [0, 0.05) is 21.9 Å². The highest BCUT2D eigenvalue weighted by Crippen LogP contribution is 2.39. The van der Waals surface area contributed by atoms with E-state index in [-0.39, 0.29) is 5.91 Å². The molecule has 2 N–H and O–H groups in total. The van der Waals surface area contributed by atoms with Crippen LogP contribution in [0.2, 0.25) is 0 Å². The molecule has 0 atom stereocenters. The Morgan fingerprint density at radius 3 is 2.71 bits per heavy atom. The van der Waals surface area contributed by atoms with Gasteiger partial charge in [0.05, 0.1) is 17.6 Å². The topological polar surface area (TPSA) is 70.7 Å². The van der Waals surface area contributed by atoms with Gasteiger partial charge in [-0.15, -0.1) is 11.8 Å². The first-order valence-corrected chi connectivity index (χ1v) is 8.70. The molecule has 3 aromatic rings. The first kappa shape index (κ1) is 15.0. The van der Waals surface area contributed by atoms with Crippen molar-refractivity contribution in [3.05, 3.63) is 60.4 Å². The molecule has 2 aromatic heterocycles. The van der Waals surface area contributed by atoms with Gasteiger partial charge in [0.25, 0.3) is 5.91 Å². The van der Waals surface area contributed by atoms with Gasteiger partial charge in [0.15, 0.2) is 0 Å². The molecule has 1 saturated carbocycles. The number of nitrogens with one attached hydrogen (secondary N) is 2. The van der Waals surface area contributed by atoms with E-state index in [9.17, 15) is 4.79 Å². The van der Waals surface area contributed by atoms with Crippen molar-refractivity contribution in [2.24, 2.45) is 0 Å². The number of rotatable bonds is 5.